The normalized spacial score (nSPS) is 11.0. The summed E-state index contributed by atoms with van der Waals surface area (Å²) in [4.78, 5) is 4.65. The van der Waals surface area contributed by atoms with Gasteiger partial charge in [-0.1, -0.05) is 19.1 Å². The van der Waals surface area contributed by atoms with Crippen LogP contribution in [0.25, 0.3) is 16.9 Å². The number of anilines is 1. The van der Waals surface area contributed by atoms with E-state index in [1.54, 1.807) is 47.2 Å². The Bertz CT molecular complexity index is 1180. The highest BCUT2D eigenvalue weighted by Crippen LogP contribution is 2.26. The maximum atomic E-state index is 14.4. The van der Waals surface area contributed by atoms with Crippen LogP contribution in [0.3, 0.4) is 0 Å². The highest BCUT2D eigenvalue weighted by molar-refractivity contribution is 5.68. The Morgan fingerprint density at radius 1 is 1.24 bits per heavy atom. The highest BCUT2D eigenvalue weighted by Gasteiger charge is 2.15. The van der Waals surface area contributed by atoms with E-state index in [2.05, 4.69) is 15.4 Å². The summed E-state index contributed by atoms with van der Waals surface area (Å²) in [6, 6.07) is 11.9. The zero-order valence-corrected chi connectivity index (χ0v) is 16.1. The number of hydrogen-bond acceptors (Lipinski definition) is 5. The third-order valence-electron chi connectivity index (χ3n) is 4.71. The molecule has 0 saturated carbocycles. The van der Waals surface area contributed by atoms with Gasteiger partial charge in [-0.25, -0.2) is 9.37 Å². The van der Waals surface area contributed by atoms with E-state index in [9.17, 15) is 9.60 Å². The highest BCUT2D eigenvalue weighted by atomic mass is 19.1. The van der Waals surface area contributed by atoms with Crippen molar-refractivity contribution in [3.63, 3.8) is 0 Å². The molecule has 0 aliphatic carbocycles. The average molecular weight is 394 g/mol. The molecule has 1 aromatic carbocycles. The molecule has 4 rings (SSSR count). The maximum Gasteiger partial charge on any atom is 0.416 e. The second-order valence-corrected chi connectivity index (χ2v) is 6.54. The maximum absolute atomic E-state index is 14.4. The number of halogens is 1. The largest absolute Gasteiger partial charge is 0.445 e. The molecule has 7 nitrogen and oxygen atoms in total. The zero-order valence-electron chi connectivity index (χ0n) is 16.1. The van der Waals surface area contributed by atoms with E-state index in [-0.39, 0.29) is 5.82 Å². The van der Waals surface area contributed by atoms with E-state index in [4.69, 9.17) is 4.74 Å². The molecule has 0 aliphatic heterocycles. The number of hydrogen-bond donors (Lipinski definition) is 2. The van der Waals surface area contributed by atoms with Crippen molar-refractivity contribution in [1.29, 1.82) is 0 Å². The molecule has 0 radical (unpaired) electrons. The molecule has 2 N–H and O–H groups in total. The number of methoxy groups -OCH3 is 1. The SMILES string of the molecule is CCc1cnn2c(NCc3ccc(OC)[n+](O)c3)cc(-c3ccccc3F)nc12. The van der Waals surface area contributed by atoms with Crippen molar-refractivity contribution >= 4 is 11.5 Å². The van der Waals surface area contributed by atoms with Crippen LogP contribution in [0.15, 0.2) is 54.9 Å². The summed E-state index contributed by atoms with van der Waals surface area (Å²) in [6.07, 6.45) is 4.09. The number of fused-ring (bicyclic) bond motifs is 1. The predicted octanol–water partition coefficient (Wildman–Crippen LogP) is 3.24. The van der Waals surface area contributed by atoms with Gasteiger partial charge in [-0.05, 0) is 24.6 Å². The lowest BCUT2D eigenvalue weighted by molar-refractivity contribution is -0.906. The van der Waals surface area contributed by atoms with Gasteiger partial charge in [0.05, 0.1) is 25.1 Å². The Labute approximate surface area is 167 Å². The van der Waals surface area contributed by atoms with E-state index >= 15 is 0 Å². The van der Waals surface area contributed by atoms with Gasteiger partial charge in [0.25, 0.3) is 0 Å². The molecule has 0 bridgehead atoms. The molecule has 3 heterocycles. The number of nitrogens with one attached hydrogen (secondary N) is 1. The van der Waals surface area contributed by atoms with Crippen LogP contribution in [0, 0.1) is 5.82 Å². The first kappa shape index (κ1) is 18.7. The lowest BCUT2D eigenvalue weighted by Gasteiger charge is -2.11. The molecule has 0 spiro atoms. The van der Waals surface area contributed by atoms with E-state index < -0.39 is 0 Å². The summed E-state index contributed by atoms with van der Waals surface area (Å²) in [6.45, 7) is 2.45. The summed E-state index contributed by atoms with van der Waals surface area (Å²) in [5.41, 5.74) is 3.44. The third kappa shape index (κ3) is 3.56. The molecule has 0 fully saturated rings. The fourth-order valence-corrected chi connectivity index (χ4v) is 3.17. The van der Waals surface area contributed by atoms with Gasteiger partial charge < -0.3 is 10.1 Å². The van der Waals surface area contributed by atoms with Crippen LogP contribution in [-0.2, 0) is 13.0 Å². The first-order chi connectivity index (χ1) is 14.1. The lowest BCUT2D eigenvalue weighted by Crippen LogP contribution is -2.32. The minimum absolute atomic E-state index is 0.329. The van der Waals surface area contributed by atoms with Crippen LogP contribution < -0.4 is 14.8 Å². The fourth-order valence-electron chi connectivity index (χ4n) is 3.17. The van der Waals surface area contributed by atoms with Crippen molar-refractivity contribution in [2.75, 3.05) is 12.4 Å². The molecule has 8 heteroatoms. The lowest BCUT2D eigenvalue weighted by atomic mass is 10.1. The topological polar surface area (TPSA) is 75.6 Å². The second kappa shape index (κ2) is 7.75. The number of aryl methyl sites for hydroxylation is 1. The van der Waals surface area contributed by atoms with Gasteiger partial charge >= 0.3 is 5.88 Å². The van der Waals surface area contributed by atoms with Crippen molar-refractivity contribution in [2.45, 2.75) is 19.9 Å². The van der Waals surface area contributed by atoms with Gasteiger partial charge in [0.1, 0.15) is 11.6 Å². The molecule has 0 saturated heterocycles. The van der Waals surface area contributed by atoms with Crippen LogP contribution in [0.4, 0.5) is 10.2 Å². The first-order valence-corrected chi connectivity index (χ1v) is 9.25. The van der Waals surface area contributed by atoms with Gasteiger partial charge in [0, 0.05) is 34.0 Å². The number of rotatable bonds is 6. The number of nitrogens with zero attached hydrogens (tertiary/aromatic N) is 4. The van der Waals surface area contributed by atoms with Crippen molar-refractivity contribution < 1.29 is 19.1 Å². The van der Waals surface area contributed by atoms with E-state index in [1.807, 2.05) is 13.0 Å². The molecule has 29 heavy (non-hydrogen) atoms. The molecular formula is C21H21FN5O2+. The summed E-state index contributed by atoms with van der Waals surface area (Å²) < 4.78 is 22.0. The van der Waals surface area contributed by atoms with E-state index in [0.29, 0.717) is 35.1 Å². The first-order valence-electron chi connectivity index (χ1n) is 9.25. The molecule has 148 valence electrons. The molecule has 0 aliphatic rings. The van der Waals surface area contributed by atoms with Crippen molar-refractivity contribution in [3.05, 3.63) is 71.8 Å². The van der Waals surface area contributed by atoms with Gasteiger partial charge in [-0.15, -0.1) is 0 Å². The summed E-state index contributed by atoms with van der Waals surface area (Å²) in [5.74, 6) is 0.680. The second-order valence-electron chi connectivity index (χ2n) is 6.54. The Kier molecular flexibility index (Phi) is 4.99. The molecule has 0 unspecified atom stereocenters. The minimum Gasteiger partial charge on any atom is -0.445 e. The van der Waals surface area contributed by atoms with Crippen molar-refractivity contribution in [3.8, 4) is 17.1 Å². The smallest absolute Gasteiger partial charge is 0.416 e. The average Bonchev–Trinajstić information content (AvgIpc) is 3.15. The molecule has 0 amide bonds. The summed E-state index contributed by atoms with van der Waals surface area (Å²) in [5, 5.41) is 17.6. The Morgan fingerprint density at radius 2 is 2.07 bits per heavy atom. The third-order valence-corrected chi connectivity index (χ3v) is 4.71. The van der Waals surface area contributed by atoms with Crippen LogP contribution in [0.1, 0.15) is 18.1 Å². The quantitative estimate of drug-likeness (QED) is 0.388. The summed E-state index contributed by atoms with van der Waals surface area (Å²) in [7, 11) is 1.49. The van der Waals surface area contributed by atoms with E-state index in [0.717, 1.165) is 22.3 Å². The van der Waals surface area contributed by atoms with Crippen LogP contribution in [-0.4, -0.2) is 26.9 Å². The minimum atomic E-state index is -0.329. The van der Waals surface area contributed by atoms with Crippen LogP contribution >= 0.6 is 0 Å². The van der Waals surface area contributed by atoms with Gasteiger partial charge in [-0.3, -0.25) is 5.21 Å². The molecular weight excluding hydrogens is 373 g/mol. The van der Waals surface area contributed by atoms with E-state index in [1.165, 1.54) is 13.2 Å². The fraction of sp³-hybridized carbons (Fsp3) is 0.190. The Balaban J connectivity index is 1.74. The van der Waals surface area contributed by atoms with Crippen molar-refractivity contribution in [2.24, 2.45) is 0 Å². The Hall–Kier alpha value is -3.68. The number of pyridine rings is 1. The monoisotopic (exact) mass is 394 g/mol. The number of aromatic nitrogens is 4. The molecule has 0 atom stereocenters. The summed E-state index contributed by atoms with van der Waals surface area (Å²) >= 11 is 0. The van der Waals surface area contributed by atoms with Gasteiger partial charge in [-0.2, -0.15) is 9.61 Å². The number of ether oxygens (including phenoxy) is 1. The molecule has 3 aromatic heterocycles. The van der Waals surface area contributed by atoms with Crippen LogP contribution in [0.5, 0.6) is 5.88 Å². The Morgan fingerprint density at radius 3 is 2.79 bits per heavy atom. The van der Waals surface area contributed by atoms with Gasteiger partial charge in [0.2, 0.25) is 6.20 Å². The van der Waals surface area contributed by atoms with Crippen LogP contribution in [0.2, 0.25) is 0 Å². The van der Waals surface area contributed by atoms with Gasteiger partial charge in [0.15, 0.2) is 5.65 Å². The standard InChI is InChI=1S/C21H21FN5O2/c1-3-15-12-24-27-19(23-11-14-8-9-20(29-2)26(28)13-14)10-18(25-21(15)27)16-6-4-5-7-17(16)22/h4-10,12-13,23,28H,3,11H2,1-2H3/q+1. The number of benzene rings is 1. The van der Waals surface area contributed by atoms with Crippen molar-refractivity contribution in [1.82, 2.24) is 14.6 Å². The molecule has 4 aromatic rings. The predicted molar refractivity (Wildman–Crippen MR) is 105 cm³/mol. The zero-order chi connectivity index (χ0) is 20.4.